The highest BCUT2D eigenvalue weighted by Crippen LogP contribution is 2.32. The number of oxazole rings is 1. The van der Waals surface area contributed by atoms with Crippen molar-refractivity contribution in [3.8, 4) is 17.2 Å². The number of hydrogen-bond donors (Lipinski definition) is 1. The average Bonchev–Trinajstić information content (AvgIpc) is 3.13. The van der Waals surface area contributed by atoms with E-state index in [1.807, 2.05) is 36.4 Å². The Kier molecular flexibility index (Phi) is 5.32. The van der Waals surface area contributed by atoms with Crippen LogP contribution in [0.25, 0.3) is 22.6 Å². The molecule has 5 nitrogen and oxygen atoms in total. The van der Waals surface area contributed by atoms with Gasteiger partial charge in [0.25, 0.3) is 5.91 Å². The summed E-state index contributed by atoms with van der Waals surface area (Å²) < 4.78 is 12.2. The second-order valence-corrected chi connectivity index (χ2v) is 7.30. The number of halogens is 2. The third-order valence-electron chi connectivity index (χ3n) is 3.96. The number of benzene rings is 3. The lowest BCUT2D eigenvalue weighted by molar-refractivity contribution is -0.118. The number of anilines is 1. The largest absolute Gasteiger partial charge is 0.484 e. The molecule has 0 fully saturated rings. The van der Waals surface area contributed by atoms with Gasteiger partial charge in [-0.15, -0.1) is 0 Å². The van der Waals surface area contributed by atoms with Crippen molar-refractivity contribution >= 4 is 50.2 Å². The minimum Gasteiger partial charge on any atom is -0.484 e. The summed E-state index contributed by atoms with van der Waals surface area (Å²) in [5.41, 5.74) is 2.59. The van der Waals surface area contributed by atoms with Crippen molar-refractivity contribution in [1.82, 2.24) is 4.98 Å². The zero-order chi connectivity index (χ0) is 19.5. The summed E-state index contributed by atoms with van der Waals surface area (Å²) in [4.78, 5) is 16.7. The van der Waals surface area contributed by atoms with Crippen molar-refractivity contribution < 1.29 is 13.9 Å². The van der Waals surface area contributed by atoms with Gasteiger partial charge in [0, 0.05) is 10.2 Å². The Morgan fingerprint density at radius 1 is 1.11 bits per heavy atom. The van der Waals surface area contributed by atoms with Gasteiger partial charge in [-0.3, -0.25) is 4.79 Å². The normalized spacial score (nSPS) is 10.8. The van der Waals surface area contributed by atoms with Crippen LogP contribution in [0.1, 0.15) is 0 Å². The van der Waals surface area contributed by atoms with Crippen LogP contribution in [0.4, 0.5) is 5.69 Å². The lowest BCUT2D eigenvalue weighted by Crippen LogP contribution is -2.20. The summed E-state index contributed by atoms with van der Waals surface area (Å²) >= 11 is 9.66. The number of para-hydroxylation sites is 2. The van der Waals surface area contributed by atoms with E-state index in [0.29, 0.717) is 33.5 Å². The first kappa shape index (κ1) is 18.5. The molecule has 28 heavy (non-hydrogen) atoms. The number of aromatic nitrogens is 1. The van der Waals surface area contributed by atoms with Gasteiger partial charge in [0.2, 0.25) is 5.89 Å². The first-order valence-corrected chi connectivity index (χ1v) is 9.59. The molecule has 0 spiro atoms. The van der Waals surface area contributed by atoms with E-state index in [2.05, 4.69) is 26.2 Å². The van der Waals surface area contributed by atoms with Crippen molar-refractivity contribution in [2.24, 2.45) is 0 Å². The maximum atomic E-state index is 12.2. The number of fused-ring (bicyclic) bond motifs is 1. The standard InChI is InChI=1S/C21H14BrClN2O3/c22-13-5-8-15(9-6-13)27-12-20(26)24-14-7-10-17(23)16(11-14)21-25-18-3-1-2-4-19(18)28-21/h1-11H,12H2,(H,24,26). The van der Waals surface area contributed by atoms with Gasteiger partial charge >= 0.3 is 0 Å². The van der Waals surface area contributed by atoms with E-state index in [0.717, 1.165) is 9.99 Å². The highest BCUT2D eigenvalue weighted by molar-refractivity contribution is 9.10. The van der Waals surface area contributed by atoms with Crippen molar-refractivity contribution in [3.05, 3.63) is 76.2 Å². The number of carbonyl (C=O) groups is 1. The van der Waals surface area contributed by atoms with Crippen LogP contribution < -0.4 is 10.1 Å². The summed E-state index contributed by atoms with van der Waals surface area (Å²) in [5, 5.41) is 3.28. The third-order valence-corrected chi connectivity index (χ3v) is 4.82. The Morgan fingerprint density at radius 2 is 1.89 bits per heavy atom. The number of ether oxygens (including phenoxy) is 1. The lowest BCUT2D eigenvalue weighted by atomic mass is 10.2. The fourth-order valence-corrected chi connectivity index (χ4v) is 3.09. The van der Waals surface area contributed by atoms with Crippen LogP contribution in [0.15, 0.2) is 75.6 Å². The molecule has 3 aromatic carbocycles. The number of carbonyl (C=O) groups excluding carboxylic acids is 1. The Bertz CT molecular complexity index is 1110. The molecule has 0 aliphatic carbocycles. The van der Waals surface area contributed by atoms with Gasteiger partial charge in [-0.1, -0.05) is 39.7 Å². The highest BCUT2D eigenvalue weighted by Gasteiger charge is 2.13. The number of rotatable bonds is 5. The van der Waals surface area contributed by atoms with Crippen molar-refractivity contribution in [2.45, 2.75) is 0 Å². The smallest absolute Gasteiger partial charge is 0.262 e. The monoisotopic (exact) mass is 456 g/mol. The molecule has 0 unspecified atom stereocenters. The van der Waals surface area contributed by atoms with E-state index in [4.69, 9.17) is 20.8 Å². The number of nitrogens with one attached hydrogen (secondary N) is 1. The minimum atomic E-state index is -0.284. The summed E-state index contributed by atoms with van der Waals surface area (Å²) in [6, 6.07) is 19.9. The predicted octanol–water partition coefficient (Wildman–Crippen LogP) is 5.93. The van der Waals surface area contributed by atoms with Gasteiger partial charge < -0.3 is 14.5 Å². The zero-order valence-electron chi connectivity index (χ0n) is 14.5. The molecule has 0 aliphatic heterocycles. The van der Waals surface area contributed by atoms with Crippen molar-refractivity contribution in [1.29, 1.82) is 0 Å². The molecule has 1 amide bonds. The van der Waals surface area contributed by atoms with E-state index in [-0.39, 0.29) is 12.5 Å². The summed E-state index contributed by atoms with van der Waals surface area (Å²) in [5.74, 6) is 0.726. The molecule has 4 aromatic rings. The van der Waals surface area contributed by atoms with Crippen LogP contribution in [0, 0.1) is 0 Å². The third kappa shape index (κ3) is 4.18. The second kappa shape index (κ2) is 8.04. The van der Waals surface area contributed by atoms with Crippen LogP contribution in [0.3, 0.4) is 0 Å². The molecule has 0 atom stereocenters. The second-order valence-electron chi connectivity index (χ2n) is 5.97. The SMILES string of the molecule is O=C(COc1ccc(Br)cc1)Nc1ccc(Cl)c(-c2nc3ccccc3o2)c1. The Labute approximate surface area is 174 Å². The molecule has 0 radical (unpaired) electrons. The average molecular weight is 458 g/mol. The quantitative estimate of drug-likeness (QED) is 0.403. The molecule has 0 aliphatic rings. The fraction of sp³-hybridized carbons (Fsp3) is 0.0476. The van der Waals surface area contributed by atoms with Gasteiger partial charge in [0.15, 0.2) is 12.2 Å². The number of amides is 1. The van der Waals surface area contributed by atoms with Crippen LogP contribution in [-0.4, -0.2) is 17.5 Å². The maximum absolute atomic E-state index is 12.2. The summed E-state index contributed by atoms with van der Waals surface area (Å²) in [6.07, 6.45) is 0. The summed E-state index contributed by atoms with van der Waals surface area (Å²) in [7, 11) is 0. The minimum absolute atomic E-state index is 0.109. The van der Waals surface area contributed by atoms with Gasteiger partial charge in [0.05, 0.1) is 10.6 Å². The molecule has 1 heterocycles. The first-order valence-electron chi connectivity index (χ1n) is 8.42. The summed E-state index contributed by atoms with van der Waals surface area (Å²) in [6.45, 7) is -0.109. The molecular formula is C21H14BrClN2O3. The molecule has 0 saturated heterocycles. The van der Waals surface area contributed by atoms with E-state index in [1.165, 1.54) is 0 Å². The van der Waals surface area contributed by atoms with E-state index in [1.54, 1.807) is 30.3 Å². The Morgan fingerprint density at radius 3 is 2.68 bits per heavy atom. The van der Waals surface area contributed by atoms with Crippen molar-refractivity contribution in [3.63, 3.8) is 0 Å². The van der Waals surface area contributed by atoms with Gasteiger partial charge in [-0.05, 0) is 54.6 Å². The molecule has 0 bridgehead atoms. The van der Waals surface area contributed by atoms with Gasteiger partial charge in [-0.2, -0.15) is 0 Å². The van der Waals surface area contributed by atoms with Gasteiger partial charge in [-0.25, -0.2) is 4.98 Å². The van der Waals surface area contributed by atoms with E-state index >= 15 is 0 Å². The Balaban J connectivity index is 1.48. The maximum Gasteiger partial charge on any atom is 0.262 e. The predicted molar refractivity (Wildman–Crippen MR) is 113 cm³/mol. The van der Waals surface area contributed by atoms with Crippen LogP contribution in [-0.2, 0) is 4.79 Å². The Hall–Kier alpha value is -2.83. The first-order chi connectivity index (χ1) is 13.6. The van der Waals surface area contributed by atoms with Crippen LogP contribution in [0.5, 0.6) is 5.75 Å². The molecular weight excluding hydrogens is 444 g/mol. The zero-order valence-corrected chi connectivity index (χ0v) is 16.8. The van der Waals surface area contributed by atoms with Gasteiger partial charge in [0.1, 0.15) is 11.3 Å². The van der Waals surface area contributed by atoms with Crippen LogP contribution >= 0.6 is 27.5 Å². The molecule has 1 N–H and O–H groups in total. The van der Waals surface area contributed by atoms with E-state index < -0.39 is 0 Å². The number of hydrogen-bond acceptors (Lipinski definition) is 4. The van der Waals surface area contributed by atoms with Crippen molar-refractivity contribution in [2.75, 3.05) is 11.9 Å². The molecule has 4 rings (SSSR count). The fourth-order valence-electron chi connectivity index (χ4n) is 2.63. The van der Waals surface area contributed by atoms with E-state index in [9.17, 15) is 4.79 Å². The topological polar surface area (TPSA) is 64.4 Å². The molecule has 7 heteroatoms. The van der Waals surface area contributed by atoms with Crippen LogP contribution in [0.2, 0.25) is 5.02 Å². The number of nitrogens with zero attached hydrogens (tertiary/aromatic N) is 1. The molecule has 140 valence electrons. The highest BCUT2D eigenvalue weighted by atomic mass is 79.9. The lowest BCUT2D eigenvalue weighted by Gasteiger charge is -2.09. The molecule has 1 aromatic heterocycles. The molecule has 0 saturated carbocycles.